The van der Waals surface area contributed by atoms with Crippen molar-refractivity contribution in [3.8, 4) is 5.75 Å². The molecule has 1 N–H and O–H groups in total. The molecule has 0 aliphatic carbocycles. The number of ether oxygens (including phenoxy) is 1. The fraction of sp³-hybridized carbons (Fsp3) is 0.417. The third-order valence-electron chi connectivity index (χ3n) is 5.85. The van der Waals surface area contributed by atoms with Gasteiger partial charge in [0.25, 0.3) is 11.8 Å². The number of amides is 2. The number of nitrogens with zero attached hydrogens (tertiary/aromatic N) is 3. The number of carbonyl (C=O) groups excluding carboxylic acids is 2. The molecule has 0 bridgehead atoms. The zero-order valence-corrected chi connectivity index (χ0v) is 21.9. The van der Waals surface area contributed by atoms with Crippen molar-refractivity contribution < 1.29 is 14.3 Å². The van der Waals surface area contributed by atoms with Gasteiger partial charge in [-0.15, -0.1) is 22.7 Å². The van der Waals surface area contributed by atoms with Crippen molar-refractivity contribution >= 4 is 51.2 Å². The summed E-state index contributed by atoms with van der Waals surface area (Å²) in [4.78, 5) is 37.6. The monoisotopic (exact) mass is 518 g/mol. The standard InChI is InChI=1S/C24H27ClN4O3S2/c1-14-15(2)34-23(26-14)28-20(30)18-13-33-21(27-18)16-9-11-29(12-10-16)22(31)24(3,4)32-19-8-6-5-7-17(19)25/h5-8,13,16H,9-12H2,1-4H3,(H,26,28,30). The maximum Gasteiger partial charge on any atom is 0.276 e. The third kappa shape index (κ3) is 5.42. The molecule has 180 valence electrons. The molecular weight excluding hydrogens is 492 g/mol. The minimum atomic E-state index is -1.03. The molecule has 1 aliphatic rings. The maximum atomic E-state index is 13.2. The molecular formula is C24H27ClN4O3S2. The van der Waals surface area contributed by atoms with E-state index in [2.05, 4.69) is 15.3 Å². The summed E-state index contributed by atoms with van der Waals surface area (Å²) in [5, 5.41) is 6.61. The van der Waals surface area contributed by atoms with E-state index in [0.717, 1.165) is 28.4 Å². The summed E-state index contributed by atoms with van der Waals surface area (Å²) < 4.78 is 5.96. The Hall–Kier alpha value is -2.49. The zero-order valence-electron chi connectivity index (χ0n) is 19.6. The Balaban J connectivity index is 1.34. The molecule has 1 aromatic carbocycles. The summed E-state index contributed by atoms with van der Waals surface area (Å²) in [6.07, 6.45) is 1.57. The molecule has 7 nitrogen and oxygen atoms in total. The van der Waals surface area contributed by atoms with Crippen LogP contribution < -0.4 is 10.1 Å². The van der Waals surface area contributed by atoms with Crippen LogP contribution in [-0.2, 0) is 4.79 Å². The molecule has 2 amide bonds. The number of aryl methyl sites for hydroxylation is 2. The van der Waals surface area contributed by atoms with E-state index in [0.29, 0.717) is 34.7 Å². The van der Waals surface area contributed by atoms with Gasteiger partial charge in [-0.25, -0.2) is 9.97 Å². The second-order valence-electron chi connectivity index (χ2n) is 8.79. The number of benzene rings is 1. The minimum Gasteiger partial charge on any atom is -0.476 e. The van der Waals surface area contributed by atoms with Gasteiger partial charge in [0.15, 0.2) is 10.7 Å². The molecule has 1 saturated heterocycles. The summed E-state index contributed by atoms with van der Waals surface area (Å²) in [7, 11) is 0. The first-order valence-corrected chi connectivity index (χ1v) is 13.1. The van der Waals surface area contributed by atoms with Crippen molar-refractivity contribution in [1.82, 2.24) is 14.9 Å². The van der Waals surface area contributed by atoms with Crippen LogP contribution in [0.25, 0.3) is 0 Å². The van der Waals surface area contributed by atoms with Gasteiger partial charge in [-0.1, -0.05) is 23.7 Å². The Labute approximate surface area is 212 Å². The van der Waals surface area contributed by atoms with E-state index >= 15 is 0 Å². The number of piperidine rings is 1. The molecule has 0 atom stereocenters. The summed E-state index contributed by atoms with van der Waals surface area (Å²) in [5.74, 6) is 0.392. The number of nitrogens with one attached hydrogen (secondary N) is 1. The van der Waals surface area contributed by atoms with Crippen LogP contribution in [0.3, 0.4) is 0 Å². The number of aromatic nitrogens is 2. The minimum absolute atomic E-state index is 0.0703. The lowest BCUT2D eigenvalue weighted by Gasteiger charge is -2.36. The molecule has 4 rings (SSSR count). The van der Waals surface area contributed by atoms with Crippen LogP contribution in [0.5, 0.6) is 5.75 Å². The second kappa shape index (κ2) is 10.0. The number of likely N-dealkylation sites (tertiary alicyclic amines) is 1. The number of thiazole rings is 2. The van der Waals surface area contributed by atoms with E-state index in [-0.39, 0.29) is 17.7 Å². The van der Waals surface area contributed by atoms with Gasteiger partial charge in [-0.3, -0.25) is 14.9 Å². The predicted molar refractivity (Wildman–Crippen MR) is 136 cm³/mol. The van der Waals surface area contributed by atoms with Crippen molar-refractivity contribution in [2.24, 2.45) is 0 Å². The SMILES string of the molecule is Cc1nc(NC(=O)c2csc(C3CCN(C(=O)C(C)(C)Oc4ccccc4Cl)CC3)n2)sc1C. The molecule has 0 spiro atoms. The molecule has 1 aliphatic heterocycles. The van der Waals surface area contributed by atoms with E-state index in [1.54, 1.807) is 31.4 Å². The lowest BCUT2D eigenvalue weighted by molar-refractivity contribution is -0.146. The smallest absolute Gasteiger partial charge is 0.276 e. The van der Waals surface area contributed by atoms with Crippen LogP contribution in [0, 0.1) is 13.8 Å². The summed E-state index contributed by atoms with van der Waals surface area (Å²) >= 11 is 9.14. The van der Waals surface area contributed by atoms with Crippen LogP contribution in [0.4, 0.5) is 5.13 Å². The van der Waals surface area contributed by atoms with E-state index in [1.165, 1.54) is 22.7 Å². The van der Waals surface area contributed by atoms with Crippen LogP contribution in [-0.4, -0.2) is 45.4 Å². The molecule has 1 fully saturated rings. The molecule has 34 heavy (non-hydrogen) atoms. The number of hydrogen-bond donors (Lipinski definition) is 1. The molecule has 3 heterocycles. The van der Waals surface area contributed by atoms with Gasteiger partial charge in [0.1, 0.15) is 11.4 Å². The fourth-order valence-electron chi connectivity index (χ4n) is 3.82. The first-order valence-electron chi connectivity index (χ1n) is 11.1. The first kappa shape index (κ1) is 24.6. The fourth-order valence-corrected chi connectivity index (χ4v) is 5.78. The summed E-state index contributed by atoms with van der Waals surface area (Å²) in [6, 6.07) is 7.15. The van der Waals surface area contributed by atoms with Crippen LogP contribution in [0.1, 0.15) is 58.7 Å². The number of anilines is 1. The van der Waals surface area contributed by atoms with E-state index in [1.807, 2.05) is 30.9 Å². The van der Waals surface area contributed by atoms with Crippen LogP contribution >= 0.6 is 34.3 Å². The topological polar surface area (TPSA) is 84.4 Å². The Bertz CT molecular complexity index is 1180. The van der Waals surface area contributed by atoms with Gasteiger partial charge >= 0.3 is 0 Å². The number of carbonyl (C=O) groups is 2. The van der Waals surface area contributed by atoms with Gasteiger partial charge in [0, 0.05) is 29.3 Å². The second-order valence-corrected chi connectivity index (χ2v) is 11.3. The number of hydrogen-bond acceptors (Lipinski definition) is 7. The van der Waals surface area contributed by atoms with Gasteiger partial charge in [-0.05, 0) is 52.7 Å². The average molecular weight is 519 g/mol. The van der Waals surface area contributed by atoms with E-state index in [9.17, 15) is 9.59 Å². The molecule has 0 radical (unpaired) electrons. The molecule has 0 unspecified atom stereocenters. The van der Waals surface area contributed by atoms with E-state index in [4.69, 9.17) is 16.3 Å². The summed E-state index contributed by atoms with van der Waals surface area (Å²) in [5.41, 5.74) is 0.288. The Morgan fingerprint density at radius 2 is 1.88 bits per heavy atom. The molecule has 10 heteroatoms. The normalized spacial score (nSPS) is 14.8. The quantitative estimate of drug-likeness (QED) is 0.453. The first-order chi connectivity index (χ1) is 16.1. The number of halogens is 1. The van der Waals surface area contributed by atoms with Crippen molar-refractivity contribution in [2.45, 2.75) is 52.1 Å². The van der Waals surface area contributed by atoms with Crippen molar-refractivity contribution in [2.75, 3.05) is 18.4 Å². The average Bonchev–Trinajstić information content (AvgIpc) is 3.42. The largest absolute Gasteiger partial charge is 0.476 e. The number of para-hydroxylation sites is 1. The Morgan fingerprint density at radius 1 is 1.18 bits per heavy atom. The van der Waals surface area contributed by atoms with Crippen LogP contribution in [0.2, 0.25) is 5.02 Å². The van der Waals surface area contributed by atoms with Crippen molar-refractivity contribution in [3.05, 3.63) is 55.9 Å². The molecule has 0 saturated carbocycles. The highest BCUT2D eigenvalue weighted by Gasteiger charge is 2.37. The lowest BCUT2D eigenvalue weighted by atomic mass is 9.96. The van der Waals surface area contributed by atoms with Crippen molar-refractivity contribution in [3.63, 3.8) is 0 Å². The van der Waals surface area contributed by atoms with Gasteiger partial charge in [0.05, 0.1) is 15.7 Å². The maximum absolute atomic E-state index is 13.2. The number of rotatable bonds is 6. The van der Waals surface area contributed by atoms with Crippen LogP contribution in [0.15, 0.2) is 29.6 Å². The Kier molecular flexibility index (Phi) is 7.25. The van der Waals surface area contributed by atoms with Gasteiger partial charge in [-0.2, -0.15) is 0 Å². The zero-order chi connectivity index (χ0) is 24.5. The highest BCUT2D eigenvalue weighted by molar-refractivity contribution is 7.15. The highest BCUT2D eigenvalue weighted by atomic mass is 35.5. The predicted octanol–water partition coefficient (Wildman–Crippen LogP) is 5.69. The van der Waals surface area contributed by atoms with Crippen molar-refractivity contribution in [1.29, 1.82) is 0 Å². The third-order valence-corrected chi connectivity index (χ3v) is 8.16. The Morgan fingerprint density at radius 3 is 2.53 bits per heavy atom. The van der Waals surface area contributed by atoms with Gasteiger partial charge < -0.3 is 9.64 Å². The molecule has 3 aromatic rings. The highest BCUT2D eigenvalue weighted by Crippen LogP contribution is 2.33. The summed E-state index contributed by atoms with van der Waals surface area (Å²) in [6.45, 7) is 8.65. The lowest BCUT2D eigenvalue weighted by Crippen LogP contribution is -2.51. The molecule has 2 aromatic heterocycles. The van der Waals surface area contributed by atoms with E-state index < -0.39 is 5.60 Å². The van der Waals surface area contributed by atoms with Gasteiger partial charge in [0.2, 0.25) is 0 Å².